The Kier molecular flexibility index (Phi) is 5.45. The van der Waals surface area contributed by atoms with Gasteiger partial charge in [0.25, 0.3) is 0 Å². The number of hydrogen-bond acceptors (Lipinski definition) is 3. The Bertz CT molecular complexity index is 435. The number of nitrogens with zero attached hydrogens (tertiary/aromatic N) is 1. The lowest BCUT2D eigenvalue weighted by Crippen LogP contribution is -2.60. The SMILES string of the molecule is CN1C(C)(C)CC(OC(=O)C2CCC(C(C)(C)C)CC2)CC1(C)C. The molecule has 0 aromatic heterocycles. The van der Waals surface area contributed by atoms with E-state index in [1.807, 2.05) is 0 Å². The maximum Gasteiger partial charge on any atom is 0.309 e. The Balaban J connectivity index is 1.91. The molecule has 0 radical (unpaired) electrons. The van der Waals surface area contributed by atoms with Crippen molar-refractivity contribution in [3.05, 3.63) is 0 Å². The maximum absolute atomic E-state index is 12.7. The fourth-order valence-electron chi connectivity index (χ4n) is 4.82. The van der Waals surface area contributed by atoms with Crippen molar-refractivity contribution in [2.75, 3.05) is 7.05 Å². The summed E-state index contributed by atoms with van der Waals surface area (Å²) >= 11 is 0. The maximum atomic E-state index is 12.7. The van der Waals surface area contributed by atoms with Crippen molar-refractivity contribution in [2.24, 2.45) is 17.3 Å². The zero-order valence-electron chi connectivity index (χ0n) is 17.2. The summed E-state index contributed by atoms with van der Waals surface area (Å²) < 4.78 is 6.01. The third-order valence-corrected chi connectivity index (χ3v) is 6.84. The molecular weight excluding hydrogens is 298 g/mol. The van der Waals surface area contributed by atoms with E-state index >= 15 is 0 Å². The Morgan fingerprint density at radius 3 is 1.83 bits per heavy atom. The predicted molar refractivity (Wildman–Crippen MR) is 99.9 cm³/mol. The summed E-state index contributed by atoms with van der Waals surface area (Å²) in [6.07, 6.45) is 6.23. The second kappa shape index (κ2) is 6.63. The van der Waals surface area contributed by atoms with Gasteiger partial charge in [0.1, 0.15) is 6.10 Å². The lowest BCUT2D eigenvalue weighted by atomic mass is 9.70. The molecule has 24 heavy (non-hydrogen) atoms. The van der Waals surface area contributed by atoms with E-state index in [-0.39, 0.29) is 29.1 Å². The van der Waals surface area contributed by atoms with Crippen LogP contribution in [0.1, 0.15) is 87.0 Å². The highest BCUT2D eigenvalue weighted by atomic mass is 16.5. The van der Waals surface area contributed by atoms with Crippen molar-refractivity contribution in [1.29, 1.82) is 0 Å². The van der Waals surface area contributed by atoms with Crippen LogP contribution in [0.3, 0.4) is 0 Å². The first-order valence-corrected chi connectivity index (χ1v) is 9.77. The average Bonchev–Trinajstić information content (AvgIpc) is 2.43. The minimum atomic E-state index is 0.0547. The van der Waals surface area contributed by atoms with E-state index in [4.69, 9.17) is 4.74 Å². The van der Waals surface area contributed by atoms with Crippen molar-refractivity contribution < 1.29 is 9.53 Å². The van der Waals surface area contributed by atoms with E-state index in [1.165, 1.54) is 0 Å². The number of carbonyl (C=O) groups excluding carboxylic acids is 1. The summed E-state index contributed by atoms with van der Waals surface area (Å²) in [6.45, 7) is 16.0. The van der Waals surface area contributed by atoms with Crippen molar-refractivity contribution in [3.8, 4) is 0 Å². The van der Waals surface area contributed by atoms with E-state index < -0.39 is 0 Å². The molecule has 2 aliphatic rings. The van der Waals surface area contributed by atoms with E-state index in [2.05, 4.69) is 60.4 Å². The van der Waals surface area contributed by atoms with Crippen LogP contribution in [0.25, 0.3) is 0 Å². The largest absolute Gasteiger partial charge is 0.462 e. The van der Waals surface area contributed by atoms with Crippen LogP contribution < -0.4 is 0 Å². The number of ether oxygens (including phenoxy) is 1. The molecule has 0 unspecified atom stereocenters. The number of esters is 1. The quantitative estimate of drug-likeness (QED) is 0.662. The highest BCUT2D eigenvalue weighted by Crippen LogP contribution is 2.41. The van der Waals surface area contributed by atoms with Gasteiger partial charge < -0.3 is 4.74 Å². The Labute approximate surface area is 149 Å². The highest BCUT2D eigenvalue weighted by molar-refractivity contribution is 5.72. The molecule has 0 N–H and O–H groups in total. The molecule has 0 atom stereocenters. The third kappa shape index (κ3) is 4.33. The molecule has 1 aliphatic carbocycles. The number of hydrogen-bond donors (Lipinski definition) is 0. The first-order valence-electron chi connectivity index (χ1n) is 9.77. The van der Waals surface area contributed by atoms with Crippen LogP contribution in [0.5, 0.6) is 0 Å². The minimum Gasteiger partial charge on any atom is -0.462 e. The van der Waals surface area contributed by atoms with Crippen LogP contribution in [-0.2, 0) is 9.53 Å². The fourth-order valence-corrected chi connectivity index (χ4v) is 4.82. The molecule has 140 valence electrons. The molecule has 2 rings (SSSR count). The second-order valence-corrected chi connectivity index (χ2v) is 10.6. The standard InChI is InChI=1S/C21H39NO2/c1-19(2,3)16-11-9-15(10-12-16)18(23)24-17-13-20(4,5)22(8)21(6,7)14-17/h15-17H,9-14H2,1-8H3. The predicted octanol–water partition coefficient (Wildman–Crippen LogP) is 5.03. The number of likely N-dealkylation sites (tertiary alicyclic amines) is 1. The third-order valence-electron chi connectivity index (χ3n) is 6.84. The molecule has 0 spiro atoms. The normalized spacial score (nSPS) is 31.7. The molecule has 1 heterocycles. The van der Waals surface area contributed by atoms with Crippen molar-refractivity contribution in [3.63, 3.8) is 0 Å². The molecule has 0 amide bonds. The van der Waals surface area contributed by atoms with Crippen molar-refractivity contribution in [1.82, 2.24) is 4.90 Å². The lowest BCUT2D eigenvalue weighted by molar-refractivity contribution is -0.165. The summed E-state index contributed by atoms with van der Waals surface area (Å²) in [6, 6.07) is 0. The Morgan fingerprint density at radius 2 is 1.42 bits per heavy atom. The number of rotatable bonds is 2. The fraction of sp³-hybridized carbons (Fsp3) is 0.952. The van der Waals surface area contributed by atoms with Crippen molar-refractivity contribution in [2.45, 2.75) is 104 Å². The molecule has 0 aromatic rings. The van der Waals surface area contributed by atoms with Crippen LogP contribution in [0.2, 0.25) is 0 Å². The van der Waals surface area contributed by atoms with E-state index in [1.54, 1.807) is 0 Å². The molecule has 0 aromatic carbocycles. The van der Waals surface area contributed by atoms with Gasteiger partial charge in [-0.1, -0.05) is 20.8 Å². The van der Waals surface area contributed by atoms with Gasteiger partial charge in [0.15, 0.2) is 0 Å². The van der Waals surface area contributed by atoms with Crippen LogP contribution in [0.15, 0.2) is 0 Å². The molecule has 1 saturated heterocycles. The summed E-state index contributed by atoms with van der Waals surface area (Å²) in [7, 11) is 2.19. The second-order valence-electron chi connectivity index (χ2n) is 10.6. The van der Waals surface area contributed by atoms with Gasteiger partial charge in [-0.3, -0.25) is 9.69 Å². The Morgan fingerprint density at radius 1 is 0.958 bits per heavy atom. The summed E-state index contributed by atoms with van der Waals surface area (Å²) in [5, 5.41) is 0. The minimum absolute atomic E-state index is 0.0547. The smallest absolute Gasteiger partial charge is 0.309 e. The molecule has 0 bridgehead atoms. The highest BCUT2D eigenvalue weighted by Gasteiger charge is 2.45. The van der Waals surface area contributed by atoms with E-state index in [9.17, 15) is 4.79 Å². The lowest BCUT2D eigenvalue weighted by Gasteiger charge is -2.53. The number of carbonyl (C=O) groups is 1. The zero-order chi connectivity index (χ0) is 18.3. The van der Waals surface area contributed by atoms with Gasteiger partial charge >= 0.3 is 5.97 Å². The van der Waals surface area contributed by atoms with Gasteiger partial charge in [-0.25, -0.2) is 0 Å². The van der Waals surface area contributed by atoms with Gasteiger partial charge in [-0.05, 0) is 71.8 Å². The molecule has 3 nitrogen and oxygen atoms in total. The topological polar surface area (TPSA) is 29.5 Å². The monoisotopic (exact) mass is 337 g/mol. The van der Waals surface area contributed by atoms with Crippen molar-refractivity contribution >= 4 is 5.97 Å². The zero-order valence-corrected chi connectivity index (χ0v) is 17.2. The molecule has 1 saturated carbocycles. The van der Waals surface area contributed by atoms with E-state index in [0.29, 0.717) is 5.41 Å². The van der Waals surface area contributed by atoms with Crippen LogP contribution in [0, 0.1) is 17.3 Å². The molecular formula is C21H39NO2. The first-order chi connectivity index (χ1) is 10.8. The molecule has 3 heteroatoms. The summed E-state index contributed by atoms with van der Waals surface area (Å²) in [5.41, 5.74) is 0.490. The van der Waals surface area contributed by atoms with Crippen LogP contribution in [-0.4, -0.2) is 35.1 Å². The number of piperidine rings is 1. The van der Waals surface area contributed by atoms with Gasteiger partial charge in [-0.15, -0.1) is 0 Å². The molecule has 2 fully saturated rings. The van der Waals surface area contributed by atoms with Crippen LogP contribution in [0.4, 0.5) is 0 Å². The molecule has 1 aliphatic heterocycles. The summed E-state index contributed by atoms with van der Waals surface area (Å²) in [5.74, 6) is 0.917. The summed E-state index contributed by atoms with van der Waals surface area (Å²) in [4.78, 5) is 15.1. The van der Waals surface area contributed by atoms with E-state index in [0.717, 1.165) is 44.4 Å². The van der Waals surface area contributed by atoms with Gasteiger partial charge in [0, 0.05) is 23.9 Å². The average molecular weight is 338 g/mol. The first kappa shape index (κ1) is 19.8. The van der Waals surface area contributed by atoms with Crippen LogP contribution >= 0.6 is 0 Å². The van der Waals surface area contributed by atoms with Gasteiger partial charge in [-0.2, -0.15) is 0 Å². The van der Waals surface area contributed by atoms with Gasteiger partial charge in [0.05, 0.1) is 5.92 Å². The van der Waals surface area contributed by atoms with Gasteiger partial charge in [0.2, 0.25) is 0 Å². The Hall–Kier alpha value is -0.570.